The Morgan fingerprint density at radius 3 is 2.55 bits per heavy atom. The maximum absolute atomic E-state index is 4.78. The van der Waals surface area contributed by atoms with Crippen molar-refractivity contribution in [1.29, 1.82) is 0 Å². The maximum atomic E-state index is 4.78. The van der Waals surface area contributed by atoms with Gasteiger partial charge in [0.05, 0.1) is 5.69 Å². The molecule has 1 aromatic rings. The molecule has 0 saturated carbocycles. The lowest BCUT2D eigenvalue weighted by Gasteiger charge is -2.35. The zero-order valence-electron chi connectivity index (χ0n) is 13.4. The van der Waals surface area contributed by atoms with Crippen molar-refractivity contribution in [2.45, 2.75) is 51.7 Å². The molecule has 114 valence electrons. The fourth-order valence-corrected chi connectivity index (χ4v) is 3.33. The Balaban J connectivity index is 1.87. The van der Waals surface area contributed by atoms with E-state index in [9.17, 15) is 0 Å². The number of hydrogen-bond donors (Lipinski definition) is 1. The SMILES string of the molecule is CN(C)C1CCN(c2nc(CNC(C)(C)C)cs2)CC1. The second kappa shape index (κ2) is 6.41. The van der Waals surface area contributed by atoms with E-state index >= 15 is 0 Å². The van der Waals surface area contributed by atoms with Crippen LogP contribution in [0.1, 0.15) is 39.3 Å². The van der Waals surface area contributed by atoms with Gasteiger partial charge in [0.15, 0.2) is 5.13 Å². The quantitative estimate of drug-likeness (QED) is 0.925. The first kappa shape index (κ1) is 15.7. The predicted octanol–water partition coefficient (Wildman–Crippen LogP) is 2.56. The summed E-state index contributed by atoms with van der Waals surface area (Å²) in [6.07, 6.45) is 2.48. The second-order valence-corrected chi connectivity index (χ2v) is 7.74. The highest BCUT2D eigenvalue weighted by molar-refractivity contribution is 7.13. The van der Waals surface area contributed by atoms with Gasteiger partial charge in [0, 0.05) is 36.6 Å². The van der Waals surface area contributed by atoms with Crippen molar-refractivity contribution in [1.82, 2.24) is 15.2 Å². The number of hydrogen-bond acceptors (Lipinski definition) is 5. The number of anilines is 1. The highest BCUT2D eigenvalue weighted by Crippen LogP contribution is 2.25. The molecule has 0 spiro atoms. The Hall–Kier alpha value is -0.650. The monoisotopic (exact) mass is 296 g/mol. The van der Waals surface area contributed by atoms with Gasteiger partial charge in [0.25, 0.3) is 0 Å². The smallest absolute Gasteiger partial charge is 0.185 e. The molecule has 0 amide bonds. The molecule has 1 aromatic heterocycles. The van der Waals surface area contributed by atoms with Gasteiger partial charge in [0.1, 0.15) is 0 Å². The Bertz CT molecular complexity index is 414. The van der Waals surface area contributed by atoms with Crippen molar-refractivity contribution in [3.8, 4) is 0 Å². The molecule has 1 N–H and O–H groups in total. The van der Waals surface area contributed by atoms with Crippen LogP contribution in [0.25, 0.3) is 0 Å². The molecular weight excluding hydrogens is 268 g/mol. The summed E-state index contributed by atoms with van der Waals surface area (Å²) in [4.78, 5) is 9.56. The number of thiazole rings is 1. The number of piperidine rings is 1. The number of aromatic nitrogens is 1. The molecule has 1 aliphatic rings. The summed E-state index contributed by atoms with van der Waals surface area (Å²) in [5, 5.41) is 6.87. The van der Waals surface area contributed by atoms with Crippen molar-refractivity contribution in [2.24, 2.45) is 0 Å². The van der Waals surface area contributed by atoms with Gasteiger partial charge in [-0.2, -0.15) is 0 Å². The largest absolute Gasteiger partial charge is 0.348 e. The third kappa shape index (κ3) is 4.43. The normalized spacial score (nSPS) is 18.0. The van der Waals surface area contributed by atoms with Gasteiger partial charge >= 0.3 is 0 Å². The fraction of sp³-hybridized carbons (Fsp3) is 0.800. The third-order valence-corrected chi connectivity index (χ3v) is 4.75. The van der Waals surface area contributed by atoms with Crippen LogP contribution in [0.3, 0.4) is 0 Å². The summed E-state index contributed by atoms with van der Waals surface area (Å²) in [7, 11) is 4.36. The van der Waals surface area contributed by atoms with Gasteiger partial charge in [0.2, 0.25) is 0 Å². The highest BCUT2D eigenvalue weighted by Gasteiger charge is 2.22. The molecular formula is C15H28N4S. The highest BCUT2D eigenvalue weighted by atomic mass is 32.1. The van der Waals surface area contributed by atoms with E-state index in [1.165, 1.54) is 18.0 Å². The summed E-state index contributed by atoms with van der Waals surface area (Å²) in [6, 6.07) is 0.730. The van der Waals surface area contributed by atoms with Crippen LogP contribution in [0.4, 0.5) is 5.13 Å². The molecule has 2 heterocycles. The van der Waals surface area contributed by atoms with Crippen LogP contribution in [-0.2, 0) is 6.54 Å². The fourth-order valence-electron chi connectivity index (χ4n) is 2.45. The molecule has 5 heteroatoms. The van der Waals surface area contributed by atoms with Crippen molar-refractivity contribution >= 4 is 16.5 Å². The molecule has 0 radical (unpaired) electrons. The van der Waals surface area contributed by atoms with Crippen molar-refractivity contribution in [3.63, 3.8) is 0 Å². The molecule has 0 aliphatic carbocycles. The summed E-state index contributed by atoms with van der Waals surface area (Å²) in [5.41, 5.74) is 1.31. The van der Waals surface area contributed by atoms with E-state index in [4.69, 9.17) is 4.98 Å². The molecule has 1 aliphatic heterocycles. The summed E-state index contributed by atoms with van der Waals surface area (Å²) >= 11 is 1.78. The molecule has 4 nitrogen and oxygen atoms in total. The lowest BCUT2D eigenvalue weighted by molar-refractivity contribution is 0.249. The zero-order chi connectivity index (χ0) is 14.8. The van der Waals surface area contributed by atoms with E-state index in [1.807, 2.05) is 0 Å². The molecule has 0 bridgehead atoms. The Morgan fingerprint density at radius 2 is 2.00 bits per heavy atom. The van der Waals surface area contributed by atoms with Gasteiger partial charge in [-0.05, 0) is 47.7 Å². The van der Waals surface area contributed by atoms with Crippen LogP contribution < -0.4 is 10.2 Å². The van der Waals surface area contributed by atoms with Crippen molar-refractivity contribution < 1.29 is 0 Å². The van der Waals surface area contributed by atoms with E-state index in [0.29, 0.717) is 0 Å². The molecule has 0 unspecified atom stereocenters. The Morgan fingerprint density at radius 1 is 1.35 bits per heavy atom. The van der Waals surface area contributed by atoms with Crippen LogP contribution in [0.5, 0.6) is 0 Å². The van der Waals surface area contributed by atoms with Gasteiger partial charge in [-0.3, -0.25) is 0 Å². The topological polar surface area (TPSA) is 31.4 Å². The molecule has 1 fully saturated rings. The van der Waals surface area contributed by atoms with Crippen LogP contribution in [0.2, 0.25) is 0 Å². The minimum atomic E-state index is 0.147. The van der Waals surface area contributed by atoms with Crippen LogP contribution in [-0.4, -0.2) is 48.6 Å². The zero-order valence-corrected chi connectivity index (χ0v) is 14.3. The summed E-state index contributed by atoms with van der Waals surface area (Å²) < 4.78 is 0. The third-order valence-electron chi connectivity index (χ3n) is 3.80. The molecule has 2 rings (SSSR count). The molecule has 1 saturated heterocycles. The van der Waals surface area contributed by atoms with Gasteiger partial charge in [-0.15, -0.1) is 11.3 Å². The number of nitrogens with one attached hydrogen (secondary N) is 1. The average molecular weight is 296 g/mol. The lowest BCUT2D eigenvalue weighted by atomic mass is 10.0. The first-order valence-electron chi connectivity index (χ1n) is 7.46. The average Bonchev–Trinajstić information content (AvgIpc) is 2.84. The van der Waals surface area contributed by atoms with Gasteiger partial charge in [-0.25, -0.2) is 4.98 Å². The number of nitrogens with zero attached hydrogens (tertiary/aromatic N) is 3. The summed E-state index contributed by atoms with van der Waals surface area (Å²) in [6.45, 7) is 9.67. The first-order chi connectivity index (χ1) is 9.35. The van der Waals surface area contributed by atoms with Crippen molar-refractivity contribution in [2.75, 3.05) is 32.1 Å². The van der Waals surface area contributed by atoms with E-state index in [2.05, 4.69) is 55.4 Å². The van der Waals surface area contributed by atoms with E-state index in [1.54, 1.807) is 11.3 Å². The second-order valence-electron chi connectivity index (χ2n) is 6.91. The van der Waals surface area contributed by atoms with Crippen LogP contribution in [0, 0.1) is 0 Å². The van der Waals surface area contributed by atoms with Crippen LogP contribution in [0.15, 0.2) is 5.38 Å². The van der Waals surface area contributed by atoms with Crippen molar-refractivity contribution in [3.05, 3.63) is 11.1 Å². The molecule has 20 heavy (non-hydrogen) atoms. The standard InChI is InChI=1S/C15H28N4S/c1-15(2,3)16-10-12-11-20-14(17-12)19-8-6-13(7-9-19)18(4)5/h11,13,16H,6-10H2,1-5H3. The minimum absolute atomic E-state index is 0.147. The Labute approximate surface area is 127 Å². The van der Waals surface area contributed by atoms with Gasteiger partial charge < -0.3 is 15.1 Å². The predicted molar refractivity (Wildman–Crippen MR) is 87.6 cm³/mol. The summed E-state index contributed by atoms with van der Waals surface area (Å²) in [5.74, 6) is 0. The van der Waals surface area contributed by atoms with E-state index in [0.717, 1.165) is 31.4 Å². The lowest BCUT2D eigenvalue weighted by Crippen LogP contribution is -2.42. The Kier molecular flexibility index (Phi) is 5.04. The van der Waals surface area contributed by atoms with E-state index in [-0.39, 0.29) is 5.54 Å². The van der Waals surface area contributed by atoms with E-state index < -0.39 is 0 Å². The maximum Gasteiger partial charge on any atom is 0.185 e. The van der Waals surface area contributed by atoms with Gasteiger partial charge in [-0.1, -0.05) is 0 Å². The van der Waals surface area contributed by atoms with Crippen LogP contribution >= 0.6 is 11.3 Å². The molecule has 0 aromatic carbocycles. The number of rotatable bonds is 4. The minimum Gasteiger partial charge on any atom is -0.348 e. The molecule has 0 atom stereocenters. The first-order valence-corrected chi connectivity index (χ1v) is 8.34.